The van der Waals surface area contributed by atoms with E-state index in [0.717, 1.165) is 18.6 Å². The minimum atomic E-state index is 0.962. The quantitative estimate of drug-likeness (QED) is 0.419. The maximum atomic E-state index is 4.93. The molecule has 0 saturated carbocycles. The highest BCUT2D eigenvalue weighted by Crippen LogP contribution is 1.83. The molecule has 3 heteroatoms. The van der Waals surface area contributed by atoms with Crippen molar-refractivity contribution in [3.8, 4) is 0 Å². The maximum Gasteiger partial charge on any atom is 0.0552 e. The van der Waals surface area contributed by atoms with Gasteiger partial charge in [0.15, 0.2) is 0 Å². The van der Waals surface area contributed by atoms with Gasteiger partial charge in [0.2, 0.25) is 0 Å². The molecule has 2 N–H and O–H groups in total. The van der Waals surface area contributed by atoms with Crippen molar-refractivity contribution in [3.63, 3.8) is 0 Å². The van der Waals surface area contributed by atoms with Gasteiger partial charge in [-0.15, -0.1) is 0 Å². The summed E-state index contributed by atoms with van der Waals surface area (Å²) in [6, 6.07) is 0. The molecule has 0 aliphatic carbocycles. The van der Waals surface area contributed by atoms with Crippen LogP contribution in [0.3, 0.4) is 0 Å². The van der Waals surface area contributed by atoms with Crippen LogP contribution in [0, 0.1) is 0 Å². The van der Waals surface area contributed by atoms with E-state index in [1.165, 1.54) is 0 Å². The van der Waals surface area contributed by atoms with Crippen molar-refractivity contribution >= 4 is 18.3 Å². The van der Waals surface area contributed by atoms with Crippen LogP contribution in [0.1, 0.15) is 13.3 Å². The van der Waals surface area contributed by atoms with Crippen LogP contribution in [0.15, 0.2) is 4.40 Å². The lowest BCUT2D eigenvalue weighted by Gasteiger charge is -1.72. The zero-order valence-corrected chi connectivity index (χ0v) is 4.53. The SMILES string of the molecule is CC/C=N\SN. The molecule has 0 rings (SSSR count). The molecule has 0 saturated heterocycles. The first-order valence-corrected chi connectivity index (χ1v) is 2.63. The Kier molecular flexibility index (Phi) is 4.96. The van der Waals surface area contributed by atoms with Gasteiger partial charge < -0.3 is 0 Å². The smallest absolute Gasteiger partial charge is 0.0552 e. The fourth-order valence-corrected chi connectivity index (χ4v) is 0.353. The molecular weight excluding hydrogens is 96.1 g/mol. The third kappa shape index (κ3) is 3.98. The molecule has 0 amide bonds. The lowest BCUT2D eigenvalue weighted by Crippen LogP contribution is -1.70. The number of hydrogen-bond donors (Lipinski definition) is 1. The van der Waals surface area contributed by atoms with Gasteiger partial charge in [-0.1, -0.05) is 6.92 Å². The molecular formula is C3H8N2S. The van der Waals surface area contributed by atoms with E-state index in [4.69, 9.17) is 5.14 Å². The lowest BCUT2D eigenvalue weighted by atomic mass is 10.6. The second-order valence-electron chi connectivity index (χ2n) is 0.802. The molecule has 0 fully saturated rings. The summed E-state index contributed by atoms with van der Waals surface area (Å²) in [7, 11) is 0. The zero-order chi connectivity index (χ0) is 4.83. The summed E-state index contributed by atoms with van der Waals surface area (Å²) in [4.78, 5) is 0. The van der Waals surface area contributed by atoms with Crippen LogP contribution in [0.25, 0.3) is 0 Å². The Morgan fingerprint density at radius 2 is 2.67 bits per heavy atom. The second-order valence-corrected chi connectivity index (χ2v) is 1.22. The monoisotopic (exact) mass is 104 g/mol. The van der Waals surface area contributed by atoms with Crippen molar-refractivity contribution in [2.24, 2.45) is 9.54 Å². The first kappa shape index (κ1) is 5.98. The molecule has 6 heavy (non-hydrogen) atoms. The highest BCUT2D eigenvalue weighted by Gasteiger charge is 1.60. The van der Waals surface area contributed by atoms with E-state index >= 15 is 0 Å². The fraction of sp³-hybridized carbons (Fsp3) is 0.667. The first-order chi connectivity index (χ1) is 2.91. The first-order valence-electron chi connectivity index (χ1n) is 1.79. The molecule has 2 nitrogen and oxygen atoms in total. The molecule has 0 aliphatic rings. The van der Waals surface area contributed by atoms with Gasteiger partial charge in [0, 0.05) is 6.21 Å². The Bertz CT molecular complexity index is 38.1. The molecule has 0 aromatic rings. The van der Waals surface area contributed by atoms with Gasteiger partial charge >= 0.3 is 0 Å². The third-order valence-corrected chi connectivity index (χ3v) is 0.589. The van der Waals surface area contributed by atoms with Crippen molar-refractivity contribution in [2.45, 2.75) is 13.3 Å². The zero-order valence-electron chi connectivity index (χ0n) is 3.72. The van der Waals surface area contributed by atoms with E-state index < -0.39 is 0 Å². The van der Waals surface area contributed by atoms with Crippen LogP contribution >= 0.6 is 12.1 Å². The summed E-state index contributed by atoms with van der Waals surface area (Å²) in [6.45, 7) is 2.01. The molecule has 0 aromatic heterocycles. The van der Waals surface area contributed by atoms with Crippen LogP contribution in [0.2, 0.25) is 0 Å². The van der Waals surface area contributed by atoms with Gasteiger partial charge in [-0.05, 0) is 6.42 Å². The Morgan fingerprint density at radius 3 is 2.83 bits per heavy atom. The predicted octanol–water partition coefficient (Wildman–Crippen LogP) is 0.989. The Morgan fingerprint density at radius 1 is 2.00 bits per heavy atom. The molecule has 0 unspecified atom stereocenters. The van der Waals surface area contributed by atoms with Crippen molar-refractivity contribution in [1.29, 1.82) is 0 Å². The van der Waals surface area contributed by atoms with Crippen LogP contribution < -0.4 is 5.14 Å². The van der Waals surface area contributed by atoms with E-state index in [-0.39, 0.29) is 0 Å². The molecule has 0 atom stereocenters. The van der Waals surface area contributed by atoms with Gasteiger partial charge in [-0.25, -0.2) is 4.40 Å². The predicted molar refractivity (Wildman–Crippen MR) is 30.6 cm³/mol. The molecule has 0 bridgehead atoms. The highest BCUT2D eigenvalue weighted by atomic mass is 32.2. The van der Waals surface area contributed by atoms with Crippen LogP contribution in [-0.4, -0.2) is 6.21 Å². The van der Waals surface area contributed by atoms with Gasteiger partial charge in [0.05, 0.1) is 12.1 Å². The molecule has 0 aliphatic heterocycles. The summed E-state index contributed by atoms with van der Waals surface area (Å²) >= 11 is 0.996. The van der Waals surface area contributed by atoms with Gasteiger partial charge in [-0.3, -0.25) is 5.14 Å². The van der Waals surface area contributed by atoms with Gasteiger partial charge in [0.1, 0.15) is 0 Å². The average molecular weight is 104 g/mol. The Labute approximate surface area is 42.1 Å². The van der Waals surface area contributed by atoms with Crippen molar-refractivity contribution < 1.29 is 0 Å². The van der Waals surface area contributed by atoms with Crippen molar-refractivity contribution in [1.82, 2.24) is 0 Å². The topological polar surface area (TPSA) is 38.4 Å². The van der Waals surface area contributed by atoms with E-state index in [1.807, 2.05) is 6.92 Å². The molecule has 0 heterocycles. The van der Waals surface area contributed by atoms with Crippen LogP contribution in [0.5, 0.6) is 0 Å². The molecule has 0 radical (unpaired) electrons. The summed E-state index contributed by atoms with van der Waals surface area (Å²) in [6.07, 6.45) is 2.73. The fourth-order valence-electron chi connectivity index (χ4n) is 0.118. The summed E-state index contributed by atoms with van der Waals surface area (Å²) in [5, 5.41) is 4.93. The number of rotatable bonds is 2. The van der Waals surface area contributed by atoms with E-state index in [9.17, 15) is 0 Å². The largest absolute Gasteiger partial charge is 0.258 e. The Balaban J connectivity index is 2.73. The van der Waals surface area contributed by atoms with Crippen molar-refractivity contribution in [2.75, 3.05) is 0 Å². The van der Waals surface area contributed by atoms with Gasteiger partial charge in [-0.2, -0.15) is 0 Å². The van der Waals surface area contributed by atoms with Crippen molar-refractivity contribution in [3.05, 3.63) is 0 Å². The van der Waals surface area contributed by atoms with Crippen LogP contribution in [-0.2, 0) is 0 Å². The normalized spacial score (nSPS) is 10.3. The van der Waals surface area contributed by atoms with Crippen LogP contribution in [0.4, 0.5) is 0 Å². The number of hydrogen-bond acceptors (Lipinski definition) is 3. The van der Waals surface area contributed by atoms with E-state index in [1.54, 1.807) is 6.21 Å². The maximum absolute atomic E-state index is 4.93. The second kappa shape index (κ2) is 4.98. The standard InChI is InChI=1S/C3H8N2S/c1-2-3-5-6-4/h3H,2,4H2,1H3/b5-3-. The number of nitrogens with two attached hydrogens (primary N) is 1. The minimum absolute atomic E-state index is 0.962. The summed E-state index contributed by atoms with van der Waals surface area (Å²) in [5.41, 5.74) is 0. The van der Waals surface area contributed by atoms with Gasteiger partial charge in [0.25, 0.3) is 0 Å². The average Bonchev–Trinajstić information content (AvgIpc) is 1.61. The van der Waals surface area contributed by atoms with E-state index in [2.05, 4.69) is 4.40 Å². The summed E-state index contributed by atoms with van der Waals surface area (Å²) in [5.74, 6) is 0. The lowest BCUT2D eigenvalue weighted by molar-refractivity contribution is 1.33. The molecule has 0 aromatic carbocycles. The highest BCUT2D eigenvalue weighted by molar-refractivity contribution is 7.95. The van der Waals surface area contributed by atoms with E-state index in [0.29, 0.717) is 0 Å². The summed E-state index contributed by atoms with van der Waals surface area (Å²) < 4.78 is 3.66. The Hall–Kier alpha value is -0.0200. The molecule has 36 valence electrons. The molecule has 0 spiro atoms. The third-order valence-electron chi connectivity index (χ3n) is 0.318. The minimum Gasteiger partial charge on any atom is -0.258 e. The number of nitrogens with zero attached hydrogens (tertiary/aromatic N) is 1.